The summed E-state index contributed by atoms with van der Waals surface area (Å²) < 4.78 is 32.3. The van der Waals surface area contributed by atoms with Crippen LogP contribution in [-0.4, -0.2) is 80.6 Å². The van der Waals surface area contributed by atoms with Crippen molar-refractivity contribution < 1.29 is 23.5 Å². The largest absolute Gasteiger partial charge is 0.385 e. The van der Waals surface area contributed by atoms with E-state index in [1.807, 2.05) is 39.8 Å². The van der Waals surface area contributed by atoms with Crippen molar-refractivity contribution in [3.05, 3.63) is 111 Å². The van der Waals surface area contributed by atoms with Crippen LogP contribution in [0.1, 0.15) is 68.6 Å². The normalized spacial score (nSPS) is 19.3. The Hall–Kier alpha value is -5.31. The van der Waals surface area contributed by atoms with Gasteiger partial charge in [0.1, 0.15) is 17.3 Å². The van der Waals surface area contributed by atoms with Crippen LogP contribution in [0.25, 0.3) is 16.6 Å². The number of aliphatic hydroxyl groups is 1. The molecule has 2 amide bonds. The minimum absolute atomic E-state index is 0.0762. The van der Waals surface area contributed by atoms with Gasteiger partial charge in [-0.3, -0.25) is 28.8 Å². The first-order chi connectivity index (χ1) is 27.3. The van der Waals surface area contributed by atoms with Crippen LogP contribution in [-0.2, 0) is 27.1 Å². The topological polar surface area (TPSA) is 128 Å². The van der Waals surface area contributed by atoms with Crippen LogP contribution in [0.3, 0.4) is 0 Å². The van der Waals surface area contributed by atoms with E-state index in [1.165, 1.54) is 12.1 Å². The first-order valence-corrected chi connectivity index (χ1v) is 19.7. The number of halogens is 3. The molecule has 12 nitrogen and oxygen atoms in total. The van der Waals surface area contributed by atoms with E-state index in [2.05, 4.69) is 33.6 Å². The van der Waals surface area contributed by atoms with Crippen molar-refractivity contribution in [1.29, 1.82) is 0 Å². The van der Waals surface area contributed by atoms with Crippen molar-refractivity contribution in [1.82, 2.24) is 24.4 Å². The fourth-order valence-electron chi connectivity index (χ4n) is 8.88. The average Bonchev–Trinajstić information content (AvgIpc) is 3.42. The molecular weight excluding hydrogens is 754 g/mol. The van der Waals surface area contributed by atoms with Crippen LogP contribution in [0.4, 0.5) is 26.0 Å². The van der Waals surface area contributed by atoms with Gasteiger partial charge in [-0.1, -0.05) is 29.8 Å². The molecule has 3 aromatic carbocycles. The number of benzene rings is 3. The molecule has 15 heteroatoms. The van der Waals surface area contributed by atoms with E-state index in [9.17, 15) is 19.5 Å². The molecule has 0 aliphatic carbocycles. The van der Waals surface area contributed by atoms with Gasteiger partial charge in [0, 0.05) is 64.3 Å². The van der Waals surface area contributed by atoms with E-state index in [-0.39, 0.29) is 18.4 Å². The maximum Gasteiger partial charge on any atom is 0.282 e. The molecule has 0 unspecified atom stereocenters. The average molecular weight is 795 g/mol. The lowest BCUT2D eigenvalue weighted by Crippen LogP contribution is -2.47. The van der Waals surface area contributed by atoms with Gasteiger partial charge in [0.25, 0.3) is 5.56 Å². The van der Waals surface area contributed by atoms with Crippen LogP contribution in [0.5, 0.6) is 0 Å². The highest BCUT2D eigenvalue weighted by Gasteiger charge is 2.41. The van der Waals surface area contributed by atoms with Crippen molar-refractivity contribution >= 4 is 51.5 Å². The zero-order chi connectivity index (χ0) is 39.8. The molecule has 6 heterocycles. The molecule has 4 aliphatic heterocycles. The number of amides is 2. The van der Waals surface area contributed by atoms with E-state index in [0.29, 0.717) is 103 Å². The lowest BCUT2D eigenvalue weighted by Gasteiger charge is -2.39. The summed E-state index contributed by atoms with van der Waals surface area (Å²) in [5, 5.41) is 12.7. The second-order valence-electron chi connectivity index (χ2n) is 15.9. The van der Waals surface area contributed by atoms with Crippen molar-refractivity contribution in [2.24, 2.45) is 0 Å². The predicted molar refractivity (Wildman–Crippen MR) is 212 cm³/mol. The third-order valence-corrected chi connectivity index (χ3v) is 12.4. The molecule has 5 aromatic rings. The molecule has 4 aliphatic rings. The Bertz CT molecular complexity index is 2470. The summed E-state index contributed by atoms with van der Waals surface area (Å²) in [6.45, 7) is 8.06. The minimum Gasteiger partial charge on any atom is -0.385 e. The number of anilines is 3. The van der Waals surface area contributed by atoms with Crippen LogP contribution in [0.2, 0.25) is 5.02 Å². The third kappa shape index (κ3) is 6.34. The number of hydrogen-bond acceptors (Lipinski definition) is 10. The van der Waals surface area contributed by atoms with Gasteiger partial charge >= 0.3 is 0 Å². The molecule has 3 fully saturated rings. The number of hydrogen-bond donors (Lipinski definition) is 1. The van der Waals surface area contributed by atoms with Gasteiger partial charge < -0.3 is 14.9 Å². The van der Waals surface area contributed by atoms with E-state index in [0.717, 1.165) is 22.5 Å². The molecule has 0 radical (unpaired) electrons. The van der Waals surface area contributed by atoms with Gasteiger partial charge in [-0.15, -0.1) is 0 Å². The number of likely N-dealkylation sites (tertiary alicyclic amines) is 1. The number of nitrogens with zero attached hydrogens (tertiary/aromatic N) is 8. The van der Waals surface area contributed by atoms with E-state index in [4.69, 9.17) is 16.6 Å². The van der Waals surface area contributed by atoms with E-state index in [1.54, 1.807) is 18.5 Å². The third-order valence-electron chi connectivity index (χ3n) is 12.1. The molecule has 2 aromatic heterocycles. The minimum atomic E-state index is -1.04. The zero-order valence-corrected chi connectivity index (χ0v) is 32.4. The van der Waals surface area contributed by atoms with Gasteiger partial charge in [-0.25, -0.2) is 18.7 Å². The standard InChI is InChI=1S/C42H41ClF2N8O4/c1-41(2)28-10-9-25(19-33(28)52-32-6-3-5-29(43)37(32)39(56)48-40(41)52)42(57)11-13-49(14-12-42)24-26-22-47-34(23-46-26)51-17-15-50(16-18-51)27-20-30(44)38(31(45)21-27)53-35(54)7-4-8-36(53)55/h3,5-6,9-10,19-23,57H,4,7-8,11-18,24H2,1-2H3. The molecule has 57 heavy (non-hydrogen) atoms. The van der Waals surface area contributed by atoms with Crippen LogP contribution in [0, 0.1) is 11.6 Å². The number of aromatic nitrogens is 4. The number of imide groups is 1. The lowest BCUT2D eigenvalue weighted by molar-refractivity contribution is -0.129. The Morgan fingerprint density at radius 3 is 2.19 bits per heavy atom. The quantitative estimate of drug-likeness (QED) is 0.217. The summed E-state index contributed by atoms with van der Waals surface area (Å²) in [5.41, 5.74) is 2.08. The maximum atomic E-state index is 15.2. The molecular formula is C42H41ClF2N8O4. The van der Waals surface area contributed by atoms with Crippen molar-refractivity contribution in [2.45, 2.75) is 63.5 Å². The Morgan fingerprint density at radius 2 is 1.53 bits per heavy atom. The fraction of sp³-hybridized carbons (Fsp3) is 0.381. The lowest BCUT2D eigenvalue weighted by atomic mass is 9.81. The SMILES string of the molecule is CC1(C)c2ccc(C3(O)CCN(Cc4cnc(N5CCN(c6cc(F)c(N7C(=O)CCCC7=O)c(F)c6)CC5)cn4)CC3)cc2-n2c1nc(=O)c1c(Cl)cccc12. The van der Waals surface area contributed by atoms with Crippen molar-refractivity contribution in [3.8, 4) is 5.69 Å². The van der Waals surface area contributed by atoms with Gasteiger partial charge in [0.15, 0.2) is 11.6 Å². The number of carbonyl (C=O) groups is 2. The van der Waals surface area contributed by atoms with Crippen molar-refractivity contribution in [3.63, 3.8) is 0 Å². The number of fused-ring (bicyclic) bond motifs is 5. The molecule has 294 valence electrons. The van der Waals surface area contributed by atoms with Crippen LogP contribution >= 0.6 is 11.6 Å². The Kier molecular flexibility index (Phi) is 9.13. The molecule has 0 saturated carbocycles. The van der Waals surface area contributed by atoms with E-state index >= 15 is 8.78 Å². The fourth-order valence-corrected chi connectivity index (χ4v) is 9.13. The molecule has 3 saturated heterocycles. The van der Waals surface area contributed by atoms with Gasteiger partial charge in [0.2, 0.25) is 11.8 Å². The van der Waals surface area contributed by atoms with Gasteiger partial charge in [-0.05, 0) is 74.6 Å². The first kappa shape index (κ1) is 37.3. The first-order valence-electron chi connectivity index (χ1n) is 19.3. The highest BCUT2D eigenvalue weighted by Crippen LogP contribution is 2.45. The van der Waals surface area contributed by atoms with Crippen molar-refractivity contribution in [2.75, 3.05) is 54.0 Å². The Labute approximate surface area is 332 Å². The highest BCUT2D eigenvalue weighted by molar-refractivity contribution is 6.35. The second kappa shape index (κ2) is 14.0. The molecule has 9 rings (SSSR count). The zero-order valence-electron chi connectivity index (χ0n) is 31.6. The molecule has 1 N–H and O–H groups in total. The number of piperazine rings is 1. The second-order valence-corrected chi connectivity index (χ2v) is 16.4. The summed E-state index contributed by atoms with van der Waals surface area (Å²) in [7, 11) is 0. The summed E-state index contributed by atoms with van der Waals surface area (Å²) >= 11 is 6.47. The maximum absolute atomic E-state index is 15.2. The molecule has 0 atom stereocenters. The van der Waals surface area contributed by atoms with Crippen LogP contribution in [0.15, 0.2) is 65.7 Å². The molecule has 0 bridgehead atoms. The number of carbonyl (C=O) groups excluding carboxylic acids is 2. The summed E-state index contributed by atoms with van der Waals surface area (Å²) in [6.07, 6.45) is 5.10. The predicted octanol–water partition coefficient (Wildman–Crippen LogP) is 5.60. The number of rotatable bonds is 6. The smallest absolute Gasteiger partial charge is 0.282 e. The summed E-state index contributed by atoms with van der Waals surface area (Å²) in [5.74, 6) is -1.71. The summed E-state index contributed by atoms with van der Waals surface area (Å²) in [4.78, 5) is 58.4. The Balaban J connectivity index is 0.829. The Morgan fingerprint density at radius 1 is 0.842 bits per heavy atom. The van der Waals surface area contributed by atoms with E-state index < -0.39 is 40.2 Å². The van der Waals surface area contributed by atoms with Gasteiger partial charge in [0.05, 0.1) is 50.7 Å². The van der Waals surface area contributed by atoms with Gasteiger partial charge in [-0.2, -0.15) is 4.98 Å². The number of piperidine rings is 2. The van der Waals surface area contributed by atoms with Crippen LogP contribution < -0.4 is 20.3 Å². The molecule has 0 spiro atoms. The summed E-state index contributed by atoms with van der Waals surface area (Å²) in [6, 6.07) is 13.9. The monoisotopic (exact) mass is 794 g/mol. The highest BCUT2D eigenvalue weighted by atomic mass is 35.5.